The molecule has 2 aromatic rings. The summed E-state index contributed by atoms with van der Waals surface area (Å²) in [4.78, 5) is 13.1. The van der Waals surface area contributed by atoms with Gasteiger partial charge in [-0.3, -0.25) is 4.79 Å². The molecule has 0 fully saturated rings. The fourth-order valence-corrected chi connectivity index (χ4v) is 2.04. The highest BCUT2D eigenvalue weighted by atomic mass is 32.2. The van der Waals surface area contributed by atoms with Crippen LogP contribution in [-0.2, 0) is 0 Å². The minimum atomic E-state index is -0.132. The lowest BCUT2D eigenvalue weighted by Crippen LogP contribution is -2.26. The average Bonchev–Trinajstić information content (AvgIpc) is 2.92. The molecule has 4 heteroatoms. The van der Waals surface area contributed by atoms with E-state index in [4.69, 9.17) is 4.42 Å². The summed E-state index contributed by atoms with van der Waals surface area (Å²) in [5, 5.41) is 2.90. The van der Waals surface area contributed by atoms with Gasteiger partial charge in [0.05, 0.1) is 12.3 Å². The molecule has 0 aliphatic rings. The van der Waals surface area contributed by atoms with Crippen LogP contribution < -0.4 is 5.32 Å². The molecule has 0 aliphatic carbocycles. The second-order valence-electron chi connectivity index (χ2n) is 3.94. The van der Waals surface area contributed by atoms with Gasteiger partial charge < -0.3 is 9.73 Å². The van der Waals surface area contributed by atoms with Crippen molar-refractivity contribution in [1.29, 1.82) is 0 Å². The number of carbonyl (C=O) groups is 1. The molecular weight excluding hydrogens is 246 g/mol. The molecule has 18 heavy (non-hydrogen) atoms. The maximum atomic E-state index is 12.0. The molecule has 1 N–H and O–H groups in total. The van der Waals surface area contributed by atoms with Gasteiger partial charge in [0.1, 0.15) is 5.76 Å². The summed E-state index contributed by atoms with van der Waals surface area (Å²) in [5.74, 6) is 0.663. The van der Waals surface area contributed by atoms with E-state index in [9.17, 15) is 4.79 Å². The molecule has 94 valence electrons. The Kier molecular flexibility index (Phi) is 4.10. The molecule has 1 aromatic heterocycles. The monoisotopic (exact) mass is 261 g/mol. The van der Waals surface area contributed by atoms with Gasteiger partial charge in [-0.15, -0.1) is 11.8 Å². The van der Waals surface area contributed by atoms with Crippen LogP contribution in [0, 0.1) is 0 Å². The SMILES string of the molecule is CSc1ccc(C(=O)N[C@H](C)c2ccco2)cc1. The van der Waals surface area contributed by atoms with Gasteiger partial charge in [-0.05, 0) is 49.6 Å². The maximum Gasteiger partial charge on any atom is 0.251 e. The van der Waals surface area contributed by atoms with E-state index < -0.39 is 0 Å². The molecule has 0 radical (unpaired) electrons. The minimum absolute atomic E-state index is 0.0912. The number of thioether (sulfide) groups is 1. The van der Waals surface area contributed by atoms with E-state index >= 15 is 0 Å². The largest absolute Gasteiger partial charge is 0.467 e. The van der Waals surface area contributed by atoms with Gasteiger partial charge >= 0.3 is 0 Å². The normalized spacial score (nSPS) is 12.1. The number of furan rings is 1. The summed E-state index contributed by atoms with van der Waals surface area (Å²) in [6.45, 7) is 1.90. The van der Waals surface area contributed by atoms with Gasteiger partial charge in [0.2, 0.25) is 0 Å². The van der Waals surface area contributed by atoms with E-state index in [0.29, 0.717) is 5.56 Å². The van der Waals surface area contributed by atoms with Crippen molar-refractivity contribution < 1.29 is 9.21 Å². The quantitative estimate of drug-likeness (QED) is 0.857. The number of nitrogens with one attached hydrogen (secondary N) is 1. The van der Waals surface area contributed by atoms with Gasteiger partial charge in [0.15, 0.2) is 0 Å². The highest BCUT2D eigenvalue weighted by molar-refractivity contribution is 7.98. The smallest absolute Gasteiger partial charge is 0.251 e. The molecule has 1 aromatic carbocycles. The molecule has 0 saturated carbocycles. The predicted octanol–water partition coefficient (Wildman–Crippen LogP) is 3.49. The molecular formula is C14H15NO2S. The predicted molar refractivity (Wildman–Crippen MR) is 72.8 cm³/mol. The van der Waals surface area contributed by atoms with E-state index in [-0.39, 0.29) is 11.9 Å². The minimum Gasteiger partial charge on any atom is -0.467 e. The molecule has 1 amide bonds. The van der Waals surface area contributed by atoms with Crippen molar-refractivity contribution in [3.05, 3.63) is 54.0 Å². The third kappa shape index (κ3) is 2.96. The standard InChI is InChI=1S/C14H15NO2S/c1-10(13-4-3-9-17-13)15-14(16)11-5-7-12(18-2)8-6-11/h3-10H,1-2H3,(H,15,16)/t10-/m1/s1. The van der Waals surface area contributed by atoms with Crippen molar-refractivity contribution in [2.24, 2.45) is 0 Å². The van der Waals surface area contributed by atoms with E-state index in [1.165, 1.54) is 0 Å². The summed E-state index contributed by atoms with van der Waals surface area (Å²) < 4.78 is 5.25. The molecule has 2 rings (SSSR count). The lowest BCUT2D eigenvalue weighted by atomic mass is 10.2. The van der Waals surface area contributed by atoms with Gasteiger partial charge in [-0.2, -0.15) is 0 Å². The highest BCUT2D eigenvalue weighted by Gasteiger charge is 2.12. The fourth-order valence-electron chi connectivity index (χ4n) is 1.63. The molecule has 1 heterocycles. The van der Waals surface area contributed by atoms with Gasteiger partial charge in [-0.1, -0.05) is 0 Å². The summed E-state index contributed by atoms with van der Waals surface area (Å²) in [5.41, 5.74) is 0.659. The average molecular weight is 261 g/mol. The lowest BCUT2D eigenvalue weighted by molar-refractivity contribution is 0.0935. The molecule has 1 atom stereocenters. The van der Waals surface area contributed by atoms with Crippen LogP contribution in [0.1, 0.15) is 29.1 Å². The number of rotatable bonds is 4. The second-order valence-corrected chi connectivity index (χ2v) is 4.82. The number of carbonyl (C=O) groups excluding carboxylic acids is 1. The van der Waals surface area contributed by atoms with E-state index in [1.54, 1.807) is 18.0 Å². The zero-order valence-corrected chi connectivity index (χ0v) is 11.2. The summed E-state index contributed by atoms with van der Waals surface area (Å²) in [6.07, 6.45) is 3.61. The Labute approximate surface area is 111 Å². The fraction of sp³-hybridized carbons (Fsp3) is 0.214. The topological polar surface area (TPSA) is 42.2 Å². The van der Waals surface area contributed by atoms with Gasteiger partial charge in [-0.25, -0.2) is 0 Å². The van der Waals surface area contributed by atoms with Crippen molar-refractivity contribution in [3.8, 4) is 0 Å². The van der Waals surface area contributed by atoms with Crippen molar-refractivity contribution in [1.82, 2.24) is 5.32 Å². The van der Waals surface area contributed by atoms with Crippen LogP contribution in [0.15, 0.2) is 52.0 Å². The van der Waals surface area contributed by atoms with Crippen LogP contribution >= 0.6 is 11.8 Å². The molecule has 0 saturated heterocycles. The third-order valence-electron chi connectivity index (χ3n) is 2.67. The first-order chi connectivity index (χ1) is 8.70. The molecule has 0 spiro atoms. The number of hydrogen-bond acceptors (Lipinski definition) is 3. The first-order valence-corrected chi connectivity index (χ1v) is 6.91. The van der Waals surface area contributed by atoms with Crippen molar-refractivity contribution in [2.75, 3.05) is 6.26 Å². The van der Waals surface area contributed by atoms with Crippen LogP contribution in [0.25, 0.3) is 0 Å². The van der Waals surface area contributed by atoms with E-state index in [2.05, 4.69) is 5.32 Å². The Morgan fingerprint density at radius 2 is 2.00 bits per heavy atom. The van der Waals surface area contributed by atoms with Crippen molar-refractivity contribution >= 4 is 17.7 Å². The van der Waals surface area contributed by atoms with Crippen LogP contribution in [0.3, 0.4) is 0 Å². The summed E-state index contributed by atoms with van der Waals surface area (Å²) >= 11 is 1.65. The van der Waals surface area contributed by atoms with Crippen LogP contribution in [0.5, 0.6) is 0 Å². The Bertz CT molecular complexity index is 505. The molecule has 0 aliphatic heterocycles. The van der Waals surface area contributed by atoms with Crippen LogP contribution in [0.4, 0.5) is 0 Å². The van der Waals surface area contributed by atoms with Gasteiger partial charge in [0, 0.05) is 10.5 Å². The number of amides is 1. The number of hydrogen-bond donors (Lipinski definition) is 1. The molecule has 3 nitrogen and oxygen atoms in total. The van der Waals surface area contributed by atoms with E-state index in [0.717, 1.165) is 10.7 Å². The zero-order chi connectivity index (χ0) is 13.0. The van der Waals surface area contributed by atoms with Crippen LogP contribution in [-0.4, -0.2) is 12.2 Å². The zero-order valence-electron chi connectivity index (χ0n) is 10.3. The maximum absolute atomic E-state index is 12.0. The third-order valence-corrected chi connectivity index (χ3v) is 3.41. The number of benzene rings is 1. The summed E-state index contributed by atoms with van der Waals surface area (Å²) in [7, 11) is 0. The van der Waals surface area contributed by atoms with Crippen molar-refractivity contribution in [2.45, 2.75) is 17.9 Å². The second kappa shape index (κ2) is 5.78. The van der Waals surface area contributed by atoms with Crippen molar-refractivity contribution in [3.63, 3.8) is 0 Å². The highest BCUT2D eigenvalue weighted by Crippen LogP contribution is 2.16. The Hall–Kier alpha value is -1.68. The lowest BCUT2D eigenvalue weighted by Gasteiger charge is -2.11. The van der Waals surface area contributed by atoms with E-state index in [1.807, 2.05) is 49.6 Å². The molecule has 0 bridgehead atoms. The van der Waals surface area contributed by atoms with Crippen LogP contribution in [0.2, 0.25) is 0 Å². The first kappa shape index (κ1) is 12.8. The Morgan fingerprint density at radius 3 is 2.56 bits per heavy atom. The Balaban J connectivity index is 2.03. The Morgan fingerprint density at radius 1 is 1.28 bits per heavy atom. The summed E-state index contributed by atoms with van der Waals surface area (Å²) in [6, 6.07) is 11.1. The van der Waals surface area contributed by atoms with Gasteiger partial charge in [0.25, 0.3) is 5.91 Å². The molecule has 0 unspecified atom stereocenters. The first-order valence-electron chi connectivity index (χ1n) is 5.69.